The normalized spacial score (nSPS) is 10.5. The summed E-state index contributed by atoms with van der Waals surface area (Å²) in [6.07, 6.45) is 0. The fraction of sp³-hybridized carbons (Fsp3) is 0.154. The zero-order chi connectivity index (χ0) is 14.2. The summed E-state index contributed by atoms with van der Waals surface area (Å²) >= 11 is 5.83. The van der Waals surface area contributed by atoms with Gasteiger partial charge in [0.25, 0.3) is 5.56 Å². The highest BCUT2D eigenvalue weighted by atomic mass is 35.5. The molecule has 0 unspecified atom stereocenters. The molecule has 6 heteroatoms. The van der Waals surface area contributed by atoms with Gasteiger partial charge in [-0.2, -0.15) is 5.10 Å². The van der Waals surface area contributed by atoms with Gasteiger partial charge in [-0.3, -0.25) is 4.79 Å². The molecule has 0 atom stereocenters. The Kier molecular flexibility index (Phi) is 3.40. The van der Waals surface area contributed by atoms with E-state index in [1.165, 1.54) is 12.1 Å². The number of benzene rings is 1. The van der Waals surface area contributed by atoms with E-state index in [4.69, 9.17) is 16.7 Å². The Labute approximate surface area is 113 Å². The molecule has 0 amide bonds. The first-order valence-corrected chi connectivity index (χ1v) is 5.88. The Morgan fingerprint density at radius 3 is 2.68 bits per heavy atom. The van der Waals surface area contributed by atoms with Gasteiger partial charge in [0.1, 0.15) is 0 Å². The van der Waals surface area contributed by atoms with Crippen LogP contribution in [0.25, 0.3) is 11.1 Å². The third kappa shape index (κ3) is 2.37. The zero-order valence-electron chi connectivity index (χ0n) is 10.3. The van der Waals surface area contributed by atoms with Crippen molar-refractivity contribution in [2.24, 2.45) is 0 Å². The van der Waals surface area contributed by atoms with Crippen molar-refractivity contribution in [3.8, 4) is 11.1 Å². The number of nitrogens with zero attached hydrogens (tertiary/aromatic N) is 1. The predicted octanol–water partition coefficient (Wildman–Crippen LogP) is 2.41. The Hall–Kier alpha value is -2.14. The molecule has 0 aliphatic carbocycles. The summed E-state index contributed by atoms with van der Waals surface area (Å²) in [5.41, 5.74) is 2.05. The summed E-state index contributed by atoms with van der Waals surface area (Å²) in [7, 11) is 0. The van der Waals surface area contributed by atoms with Crippen LogP contribution in [0.1, 0.15) is 21.6 Å². The molecule has 2 N–H and O–H groups in total. The van der Waals surface area contributed by atoms with Crippen LogP contribution in [0, 0.1) is 13.8 Å². The molecule has 0 saturated heterocycles. The van der Waals surface area contributed by atoms with Gasteiger partial charge in [0.2, 0.25) is 0 Å². The molecule has 0 fully saturated rings. The minimum atomic E-state index is -1.11. The first-order valence-electron chi connectivity index (χ1n) is 5.51. The molecule has 0 aliphatic heterocycles. The Bertz CT molecular complexity index is 722. The van der Waals surface area contributed by atoms with E-state index in [9.17, 15) is 9.59 Å². The summed E-state index contributed by atoms with van der Waals surface area (Å²) in [6.45, 7) is 3.41. The van der Waals surface area contributed by atoms with Crippen molar-refractivity contribution >= 4 is 17.6 Å². The van der Waals surface area contributed by atoms with E-state index < -0.39 is 5.97 Å². The van der Waals surface area contributed by atoms with E-state index in [1.807, 2.05) is 0 Å². The molecule has 2 aromatic rings. The van der Waals surface area contributed by atoms with Crippen LogP contribution in [0.15, 0.2) is 23.0 Å². The van der Waals surface area contributed by atoms with Crippen molar-refractivity contribution in [1.29, 1.82) is 0 Å². The van der Waals surface area contributed by atoms with Crippen LogP contribution in [0.5, 0.6) is 0 Å². The van der Waals surface area contributed by atoms with E-state index in [2.05, 4.69) is 10.2 Å². The summed E-state index contributed by atoms with van der Waals surface area (Å²) in [6, 6.07) is 4.62. The molecule has 5 nitrogen and oxygen atoms in total. The largest absolute Gasteiger partial charge is 0.478 e. The van der Waals surface area contributed by atoms with E-state index in [0.29, 0.717) is 22.4 Å². The average molecular weight is 279 g/mol. The maximum absolute atomic E-state index is 11.6. The molecule has 1 aromatic heterocycles. The maximum Gasteiger partial charge on any atom is 0.337 e. The van der Waals surface area contributed by atoms with Gasteiger partial charge < -0.3 is 5.11 Å². The van der Waals surface area contributed by atoms with Gasteiger partial charge in [0.05, 0.1) is 16.3 Å². The number of hydrogen-bond acceptors (Lipinski definition) is 3. The van der Waals surface area contributed by atoms with Crippen molar-refractivity contribution in [1.82, 2.24) is 10.2 Å². The number of H-pyrrole nitrogens is 1. The number of carboxylic acid groups (broad SMARTS) is 1. The fourth-order valence-electron chi connectivity index (χ4n) is 1.93. The molecule has 0 radical (unpaired) electrons. The average Bonchev–Trinajstić information content (AvgIpc) is 2.36. The van der Waals surface area contributed by atoms with Gasteiger partial charge in [-0.25, -0.2) is 9.89 Å². The predicted molar refractivity (Wildman–Crippen MR) is 71.7 cm³/mol. The van der Waals surface area contributed by atoms with Crippen molar-refractivity contribution in [3.63, 3.8) is 0 Å². The van der Waals surface area contributed by atoms with E-state index in [0.717, 1.165) is 0 Å². The lowest BCUT2D eigenvalue weighted by molar-refractivity contribution is 0.0697. The van der Waals surface area contributed by atoms with Gasteiger partial charge in [0, 0.05) is 11.1 Å². The molecular formula is C13H11ClN2O3. The molecule has 2 rings (SSSR count). The summed E-state index contributed by atoms with van der Waals surface area (Å²) in [5.74, 6) is -1.11. The van der Waals surface area contributed by atoms with E-state index in [1.54, 1.807) is 19.9 Å². The molecule has 1 heterocycles. The first kappa shape index (κ1) is 13.3. The van der Waals surface area contributed by atoms with Gasteiger partial charge >= 0.3 is 5.97 Å². The highest BCUT2D eigenvalue weighted by molar-refractivity contribution is 6.33. The Balaban J connectivity index is 2.73. The fourth-order valence-corrected chi connectivity index (χ4v) is 2.13. The quantitative estimate of drug-likeness (QED) is 0.883. The standard InChI is InChI=1S/C13H11ClN2O3/c1-6-11(7(2)15-16-12(6)17)8-3-4-10(14)9(5-8)13(18)19/h3-5H,1-2H3,(H,16,17)(H,18,19). The van der Waals surface area contributed by atoms with Crippen LogP contribution < -0.4 is 5.56 Å². The zero-order valence-corrected chi connectivity index (χ0v) is 11.1. The van der Waals surface area contributed by atoms with Crippen molar-refractivity contribution < 1.29 is 9.90 Å². The minimum absolute atomic E-state index is 0.00162. The molecule has 0 saturated carbocycles. The van der Waals surface area contributed by atoms with E-state index >= 15 is 0 Å². The molecule has 1 aromatic carbocycles. The minimum Gasteiger partial charge on any atom is -0.478 e. The van der Waals surface area contributed by atoms with Crippen LogP contribution >= 0.6 is 11.6 Å². The number of aryl methyl sites for hydroxylation is 1. The number of nitrogens with one attached hydrogen (secondary N) is 1. The second-order valence-corrected chi connectivity index (χ2v) is 4.55. The number of carbonyl (C=O) groups is 1. The first-order chi connectivity index (χ1) is 8.91. The molecule has 98 valence electrons. The van der Waals surface area contributed by atoms with Gasteiger partial charge in [-0.15, -0.1) is 0 Å². The third-order valence-electron chi connectivity index (χ3n) is 2.89. The second kappa shape index (κ2) is 4.85. The molecule has 0 bridgehead atoms. The number of aromatic carboxylic acids is 1. The lowest BCUT2D eigenvalue weighted by atomic mass is 9.99. The highest BCUT2D eigenvalue weighted by Crippen LogP contribution is 2.27. The topological polar surface area (TPSA) is 83.0 Å². The van der Waals surface area contributed by atoms with Crippen LogP contribution in [0.4, 0.5) is 0 Å². The second-order valence-electron chi connectivity index (χ2n) is 4.14. The Morgan fingerprint density at radius 1 is 1.37 bits per heavy atom. The number of rotatable bonds is 2. The van der Waals surface area contributed by atoms with Crippen molar-refractivity contribution in [2.45, 2.75) is 13.8 Å². The van der Waals surface area contributed by atoms with Crippen LogP contribution in [-0.4, -0.2) is 21.3 Å². The number of aromatic amines is 1. The third-order valence-corrected chi connectivity index (χ3v) is 3.22. The van der Waals surface area contributed by atoms with Crippen molar-refractivity contribution in [3.05, 3.63) is 50.4 Å². The lowest BCUT2D eigenvalue weighted by Crippen LogP contribution is -2.14. The van der Waals surface area contributed by atoms with Gasteiger partial charge in [-0.1, -0.05) is 17.7 Å². The van der Waals surface area contributed by atoms with Gasteiger partial charge in [0.15, 0.2) is 0 Å². The van der Waals surface area contributed by atoms with Crippen LogP contribution in [0.3, 0.4) is 0 Å². The number of carboxylic acids is 1. The van der Waals surface area contributed by atoms with Crippen LogP contribution in [-0.2, 0) is 0 Å². The Morgan fingerprint density at radius 2 is 2.05 bits per heavy atom. The highest BCUT2D eigenvalue weighted by Gasteiger charge is 2.14. The molecular weight excluding hydrogens is 268 g/mol. The summed E-state index contributed by atoms with van der Waals surface area (Å²) in [5, 5.41) is 15.5. The molecule has 0 spiro atoms. The lowest BCUT2D eigenvalue weighted by Gasteiger charge is -2.09. The SMILES string of the molecule is Cc1n[nH]c(=O)c(C)c1-c1ccc(Cl)c(C(=O)O)c1. The molecule has 0 aliphatic rings. The van der Waals surface area contributed by atoms with Crippen molar-refractivity contribution in [2.75, 3.05) is 0 Å². The maximum atomic E-state index is 11.6. The number of halogens is 1. The van der Waals surface area contributed by atoms with Gasteiger partial charge in [-0.05, 0) is 31.5 Å². The smallest absolute Gasteiger partial charge is 0.337 e. The van der Waals surface area contributed by atoms with E-state index in [-0.39, 0.29) is 16.1 Å². The summed E-state index contributed by atoms with van der Waals surface area (Å²) in [4.78, 5) is 22.7. The number of aromatic nitrogens is 2. The monoisotopic (exact) mass is 278 g/mol. The summed E-state index contributed by atoms with van der Waals surface area (Å²) < 4.78 is 0. The van der Waals surface area contributed by atoms with Crippen LogP contribution in [0.2, 0.25) is 5.02 Å². The number of hydrogen-bond donors (Lipinski definition) is 2. The molecule has 19 heavy (non-hydrogen) atoms.